The molecule has 132 valence electrons. The first-order chi connectivity index (χ1) is 12.0. The van der Waals surface area contributed by atoms with Gasteiger partial charge >= 0.3 is 11.9 Å². The van der Waals surface area contributed by atoms with Gasteiger partial charge in [-0.25, -0.2) is 9.59 Å². The number of ether oxygens (including phenoxy) is 2. The van der Waals surface area contributed by atoms with Crippen molar-refractivity contribution in [1.82, 2.24) is 4.98 Å². The summed E-state index contributed by atoms with van der Waals surface area (Å²) in [6.07, 6.45) is 1.46. The van der Waals surface area contributed by atoms with Gasteiger partial charge in [0.15, 0.2) is 0 Å². The topological polar surface area (TPSA) is 108 Å². The molecule has 0 atom stereocenters. The number of nitrogens with zero attached hydrogens (tertiary/aromatic N) is 1. The summed E-state index contributed by atoms with van der Waals surface area (Å²) in [6, 6.07) is 4.81. The summed E-state index contributed by atoms with van der Waals surface area (Å²) in [5, 5.41) is 2.45. The number of aromatic nitrogens is 1. The molecule has 8 nitrogen and oxygen atoms in total. The Labute approximate surface area is 144 Å². The zero-order valence-corrected chi connectivity index (χ0v) is 14.1. The van der Waals surface area contributed by atoms with E-state index in [2.05, 4.69) is 10.3 Å². The van der Waals surface area contributed by atoms with E-state index in [0.29, 0.717) is 0 Å². The van der Waals surface area contributed by atoms with Gasteiger partial charge in [-0.3, -0.25) is 15.1 Å². The molecule has 0 saturated carbocycles. The lowest BCUT2D eigenvalue weighted by atomic mass is 10.1. The highest BCUT2D eigenvalue weighted by Crippen LogP contribution is 2.29. The van der Waals surface area contributed by atoms with Gasteiger partial charge in [-0.15, -0.1) is 0 Å². The maximum Gasteiger partial charge on any atom is 0.344 e. The van der Waals surface area contributed by atoms with Gasteiger partial charge in [-0.1, -0.05) is 6.07 Å². The first kappa shape index (κ1) is 18.2. The quantitative estimate of drug-likeness (QED) is 0.801. The third-order valence-corrected chi connectivity index (χ3v) is 3.17. The van der Waals surface area contributed by atoms with Crippen molar-refractivity contribution < 1.29 is 28.3 Å². The van der Waals surface area contributed by atoms with E-state index in [4.69, 9.17) is 13.9 Å². The highest BCUT2D eigenvalue weighted by molar-refractivity contribution is 6.11. The van der Waals surface area contributed by atoms with Crippen molar-refractivity contribution in [2.75, 3.05) is 18.5 Å². The lowest BCUT2D eigenvalue weighted by Gasteiger charge is -2.06. The van der Waals surface area contributed by atoms with Crippen LogP contribution >= 0.6 is 0 Å². The SMILES string of the molecule is CCOC(=O)c1c(C)oc(NC(=O)c2ccccn2)c1C(=O)OCC. The molecule has 0 radical (unpaired) electrons. The number of carbonyl (C=O) groups is 3. The van der Waals surface area contributed by atoms with Gasteiger partial charge in [0.2, 0.25) is 5.88 Å². The monoisotopic (exact) mass is 346 g/mol. The molecular formula is C17H18N2O6. The fourth-order valence-corrected chi connectivity index (χ4v) is 2.14. The highest BCUT2D eigenvalue weighted by Gasteiger charge is 2.31. The summed E-state index contributed by atoms with van der Waals surface area (Å²) in [5.74, 6) is -2.16. The van der Waals surface area contributed by atoms with Crippen molar-refractivity contribution in [3.05, 3.63) is 47.0 Å². The number of anilines is 1. The first-order valence-electron chi connectivity index (χ1n) is 7.69. The average Bonchev–Trinajstić information content (AvgIpc) is 2.92. The van der Waals surface area contributed by atoms with Crippen LogP contribution in [0.4, 0.5) is 5.88 Å². The summed E-state index contributed by atoms with van der Waals surface area (Å²) in [6.45, 7) is 4.98. The molecule has 2 aromatic heterocycles. The van der Waals surface area contributed by atoms with Crippen LogP contribution in [0.15, 0.2) is 28.8 Å². The van der Waals surface area contributed by atoms with Crippen molar-refractivity contribution in [2.24, 2.45) is 0 Å². The second-order valence-corrected chi connectivity index (χ2v) is 4.85. The van der Waals surface area contributed by atoms with Crippen LogP contribution in [0.2, 0.25) is 0 Å². The van der Waals surface area contributed by atoms with Crippen LogP contribution in [0, 0.1) is 6.92 Å². The lowest BCUT2D eigenvalue weighted by molar-refractivity contribution is 0.0480. The molecule has 25 heavy (non-hydrogen) atoms. The number of hydrogen-bond acceptors (Lipinski definition) is 7. The standard InChI is InChI=1S/C17H18N2O6/c1-4-23-16(21)12-10(3)25-15(13(12)17(22)24-5-2)19-14(20)11-8-6-7-9-18-11/h6-9H,4-5H2,1-3H3,(H,19,20). The van der Waals surface area contributed by atoms with Crippen LogP contribution in [-0.2, 0) is 9.47 Å². The van der Waals surface area contributed by atoms with Crippen molar-refractivity contribution in [2.45, 2.75) is 20.8 Å². The third-order valence-electron chi connectivity index (χ3n) is 3.17. The van der Waals surface area contributed by atoms with E-state index in [1.807, 2.05) is 0 Å². The average molecular weight is 346 g/mol. The van der Waals surface area contributed by atoms with E-state index < -0.39 is 17.8 Å². The fraction of sp³-hybridized carbons (Fsp3) is 0.294. The lowest BCUT2D eigenvalue weighted by Crippen LogP contribution is -2.18. The smallest absolute Gasteiger partial charge is 0.344 e. The van der Waals surface area contributed by atoms with Crippen LogP contribution < -0.4 is 5.32 Å². The molecule has 8 heteroatoms. The molecule has 0 aliphatic heterocycles. The molecule has 2 aromatic rings. The number of rotatable bonds is 6. The van der Waals surface area contributed by atoms with Crippen LogP contribution in [0.3, 0.4) is 0 Å². The molecule has 0 aromatic carbocycles. The van der Waals surface area contributed by atoms with Crippen LogP contribution in [0.25, 0.3) is 0 Å². The largest absolute Gasteiger partial charge is 0.462 e. The second kappa shape index (κ2) is 8.09. The van der Waals surface area contributed by atoms with E-state index in [1.165, 1.54) is 19.2 Å². The number of aryl methyl sites for hydroxylation is 1. The molecule has 0 spiro atoms. The summed E-state index contributed by atoms with van der Waals surface area (Å²) >= 11 is 0. The number of furan rings is 1. The van der Waals surface area contributed by atoms with Crippen LogP contribution in [0.5, 0.6) is 0 Å². The summed E-state index contributed by atoms with van der Waals surface area (Å²) < 4.78 is 15.3. The molecule has 0 fully saturated rings. The summed E-state index contributed by atoms with van der Waals surface area (Å²) in [4.78, 5) is 40.6. The Morgan fingerprint density at radius 1 is 1.08 bits per heavy atom. The van der Waals surface area contributed by atoms with Gasteiger partial charge in [0, 0.05) is 6.20 Å². The summed E-state index contributed by atoms with van der Waals surface area (Å²) in [7, 11) is 0. The zero-order chi connectivity index (χ0) is 18.4. The van der Waals surface area contributed by atoms with Crippen molar-refractivity contribution >= 4 is 23.7 Å². The Hall–Kier alpha value is -3.16. The molecular weight excluding hydrogens is 328 g/mol. The number of nitrogens with one attached hydrogen (secondary N) is 1. The van der Waals surface area contributed by atoms with Gasteiger partial charge in [0.25, 0.3) is 5.91 Å². The van der Waals surface area contributed by atoms with Crippen molar-refractivity contribution in [3.63, 3.8) is 0 Å². The van der Waals surface area contributed by atoms with Crippen LogP contribution in [-0.4, -0.2) is 36.0 Å². The van der Waals surface area contributed by atoms with Gasteiger partial charge in [0.1, 0.15) is 22.6 Å². The second-order valence-electron chi connectivity index (χ2n) is 4.85. The van der Waals surface area contributed by atoms with E-state index in [9.17, 15) is 14.4 Å². The predicted octanol–water partition coefficient (Wildman–Crippen LogP) is 2.59. The Kier molecular flexibility index (Phi) is 5.89. The minimum Gasteiger partial charge on any atom is -0.462 e. The number of hydrogen-bond donors (Lipinski definition) is 1. The molecule has 0 bridgehead atoms. The highest BCUT2D eigenvalue weighted by atomic mass is 16.5. The third kappa shape index (κ3) is 4.03. The van der Waals surface area contributed by atoms with Gasteiger partial charge in [0.05, 0.1) is 13.2 Å². The maximum absolute atomic E-state index is 12.3. The Bertz CT molecular complexity index is 782. The number of pyridine rings is 1. The first-order valence-corrected chi connectivity index (χ1v) is 7.69. The summed E-state index contributed by atoms with van der Waals surface area (Å²) in [5.41, 5.74) is -0.122. The minimum absolute atomic E-state index is 0.0726. The minimum atomic E-state index is -0.793. The van der Waals surface area contributed by atoms with E-state index in [1.54, 1.807) is 26.0 Å². The molecule has 2 heterocycles. The number of amides is 1. The van der Waals surface area contributed by atoms with E-state index >= 15 is 0 Å². The van der Waals surface area contributed by atoms with Crippen molar-refractivity contribution in [1.29, 1.82) is 0 Å². The molecule has 0 aliphatic rings. The molecule has 0 unspecified atom stereocenters. The van der Waals surface area contributed by atoms with Crippen molar-refractivity contribution in [3.8, 4) is 0 Å². The van der Waals surface area contributed by atoms with Crippen LogP contribution in [0.1, 0.15) is 50.8 Å². The van der Waals surface area contributed by atoms with Gasteiger partial charge < -0.3 is 13.9 Å². The number of esters is 2. The van der Waals surface area contributed by atoms with E-state index in [0.717, 1.165) is 0 Å². The fourth-order valence-electron chi connectivity index (χ4n) is 2.14. The van der Waals surface area contributed by atoms with Gasteiger partial charge in [-0.05, 0) is 32.9 Å². The Morgan fingerprint density at radius 2 is 1.72 bits per heavy atom. The maximum atomic E-state index is 12.3. The molecule has 2 rings (SSSR count). The number of carbonyl (C=O) groups excluding carboxylic acids is 3. The van der Waals surface area contributed by atoms with E-state index in [-0.39, 0.29) is 41.7 Å². The normalized spacial score (nSPS) is 10.2. The molecule has 0 saturated heterocycles. The molecule has 1 N–H and O–H groups in total. The molecule has 0 aliphatic carbocycles. The van der Waals surface area contributed by atoms with Gasteiger partial charge in [-0.2, -0.15) is 0 Å². The zero-order valence-electron chi connectivity index (χ0n) is 14.1. The Morgan fingerprint density at radius 3 is 2.28 bits per heavy atom. The Balaban J connectivity index is 2.43. The molecule has 1 amide bonds. The predicted molar refractivity (Wildman–Crippen MR) is 87.5 cm³/mol.